The van der Waals surface area contributed by atoms with Crippen molar-refractivity contribution in [1.29, 1.82) is 0 Å². The van der Waals surface area contributed by atoms with Crippen molar-refractivity contribution in [2.24, 2.45) is 10.8 Å². The van der Waals surface area contributed by atoms with Crippen molar-refractivity contribution in [2.75, 3.05) is 62.3 Å². The van der Waals surface area contributed by atoms with Gasteiger partial charge in [-0.1, -0.05) is 13.8 Å². The van der Waals surface area contributed by atoms with E-state index in [-0.39, 0.29) is 23.3 Å². The Bertz CT molecular complexity index is 1170. The monoisotopic (exact) mass is 522 g/mol. The summed E-state index contributed by atoms with van der Waals surface area (Å²) < 4.78 is 5.48. The molecular weight excluding hydrogens is 484 g/mol. The van der Waals surface area contributed by atoms with Gasteiger partial charge >= 0.3 is 0 Å². The molecule has 0 radical (unpaired) electrons. The maximum Gasteiger partial charge on any atom is 0.286 e. The zero-order chi connectivity index (χ0) is 26.8. The highest BCUT2D eigenvalue weighted by molar-refractivity contribution is 6.43. The van der Waals surface area contributed by atoms with Gasteiger partial charge in [-0.15, -0.1) is 0 Å². The summed E-state index contributed by atoms with van der Waals surface area (Å²) in [6.45, 7) is 10.4. The number of amidine groups is 1. The SMILES string of the molecule is CC(C)c1cc(C2N(CCN3CCCC3)N=C(C(N)=O)N2c2ccc(N3CCOCC3)cc2)c(O)cc1O. The number of amides is 1. The van der Waals surface area contributed by atoms with Crippen LogP contribution < -0.4 is 15.5 Å². The van der Waals surface area contributed by atoms with Gasteiger partial charge in [0.1, 0.15) is 11.5 Å². The van der Waals surface area contributed by atoms with Crippen LogP contribution in [0.2, 0.25) is 0 Å². The fourth-order valence-electron chi connectivity index (χ4n) is 5.55. The second kappa shape index (κ2) is 11.1. The van der Waals surface area contributed by atoms with Gasteiger partial charge in [-0.2, -0.15) is 5.10 Å². The molecule has 0 saturated carbocycles. The van der Waals surface area contributed by atoms with Gasteiger partial charge in [-0.3, -0.25) is 14.7 Å². The molecule has 0 bridgehead atoms. The van der Waals surface area contributed by atoms with Gasteiger partial charge in [-0.25, -0.2) is 0 Å². The number of nitrogens with two attached hydrogens (primary N) is 1. The van der Waals surface area contributed by atoms with E-state index in [1.54, 1.807) is 4.90 Å². The fourth-order valence-corrected chi connectivity index (χ4v) is 5.55. The van der Waals surface area contributed by atoms with Crippen LogP contribution in [0.15, 0.2) is 41.5 Å². The highest BCUT2D eigenvalue weighted by Crippen LogP contribution is 2.43. The van der Waals surface area contributed by atoms with Crippen LogP contribution in [0.5, 0.6) is 11.5 Å². The smallest absolute Gasteiger partial charge is 0.286 e. The molecule has 0 spiro atoms. The number of carbonyl (C=O) groups is 1. The number of ether oxygens (including phenoxy) is 1. The van der Waals surface area contributed by atoms with Crippen molar-refractivity contribution in [1.82, 2.24) is 9.91 Å². The van der Waals surface area contributed by atoms with E-state index >= 15 is 0 Å². The normalized spacial score (nSPS) is 20.4. The maximum absolute atomic E-state index is 12.7. The molecule has 1 unspecified atom stereocenters. The van der Waals surface area contributed by atoms with Crippen LogP contribution in [0.4, 0.5) is 11.4 Å². The van der Waals surface area contributed by atoms with Crippen molar-refractivity contribution in [3.63, 3.8) is 0 Å². The van der Waals surface area contributed by atoms with Gasteiger partial charge < -0.3 is 30.5 Å². The van der Waals surface area contributed by atoms with E-state index in [0.717, 1.165) is 44.1 Å². The second-order valence-corrected chi connectivity index (χ2v) is 10.5. The minimum atomic E-state index is -0.640. The highest BCUT2D eigenvalue weighted by atomic mass is 16.5. The number of carbonyl (C=O) groups excluding carboxylic acids is 1. The number of aromatic hydroxyl groups is 2. The van der Waals surface area contributed by atoms with Crippen molar-refractivity contribution in [3.05, 3.63) is 47.5 Å². The number of phenolic OH excluding ortho intramolecular Hbond substituents is 2. The molecule has 3 aliphatic heterocycles. The third-order valence-electron chi connectivity index (χ3n) is 7.62. The third-order valence-corrected chi connectivity index (χ3v) is 7.62. The lowest BCUT2D eigenvalue weighted by atomic mass is 9.97. The van der Waals surface area contributed by atoms with E-state index in [2.05, 4.69) is 14.9 Å². The highest BCUT2D eigenvalue weighted by Gasteiger charge is 2.40. The lowest BCUT2D eigenvalue weighted by molar-refractivity contribution is -0.112. The molecule has 0 aromatic heterocycles. The Morgan fingerprint density at radius 2 is 1.66 bits per heavy atom. The summed E-state index contributed by atoms with van der Waals surface area (Å²) in [7, 11) is 0. The zero-order valence-electron chi connectivity index (χ0n) is 22.2. The zero-order valence-corrected chi connectivity index (χ0v) is 22.2. The number of morpholine rings is 1. The number of primary amides is 1. The molecular formula is C28H38N6O4. The van der Waals surface area contributed by atoms with Crippen molar-refractivity contribution in [3.8, 4) is 11.5 Å². The largest absolute Gasteiger partial charge is 0.508 e. The molecule has 5 rings (SSSR count). The van der Waals surface area contributed by atoms with E-state index in [1.807, 2.05) is 49.2 Å². The first-order valence-corrected chi connectivity index (χ1v) is 13.5. The number of hydrogen-bond acceptors (Lipinski definition) is 9. The first-order chi connectivity index (χ1) is 18.3. The van der Waals surface area contributed by atoms with Crippen molar-refractivity contribution >= 4 is 23.1 Å². The lowest BCUT2D eigenvalue weighted by Crippen LogP contribution is -2.42. The van der Waals surface area contributed by atoms with E-state index in [0.29, 0.717) is 30.9 Å². The molecule has 4 N–H and O–H groups in total. The number of anilines is 2. The van der Waals surface area contributed by atoms with Gasteiger partial charge in [0.15, 0.2) is 6.17 Å². The van der Waals surface area contributed by atoms with Crippen LogP contribution in [-0.4, -0.2) is 84.3 Å². The predicted molar refractivity (Wildman–Crippen MR) is 148 cm³/mol. The molecule has 204 valence electrons. The molecule has 0 aliphatic carbocycles. The number of nitrogens with zero attached hydrogens (tertiary/aromatic N) is 5. The van der Waals surface area contributed by atoms with Gasteiger partial charge in [0.05, 0.1) is 19.8 Å². The Labute approximate surface area is 223 Å². The summed E-state index contributed by atoms with van der Waals surface area (Å²) in [6, 6.07) is 11.2. The Kier molecular flexibility index (Phi) is 7.62. The topological polar surface area (TPSA) is 118 Å². The van der Waals surface area contributed by atoms with Crippen LogP contribution in [-0.2, 0) is 9.53 Å². The maximum atomic E-state index is 12.7. The van der Waals surface area contributed by atoms with Crippen molar-refractivity contribution < 1.29 is 19.7 Å². The molecule has 10 nitrogen and oxygen atoms in total. The number of benzene rings is 2. The van der Waals surface area contributed by atoms with Crippen LogP contribution in [0.25, 0.3) is 0 Å². The first kappa shape index (κ1) is 26.1. The minimum Gasteiger partial charge on any atom is -0.508 e. The van der Waals surface area contributed by atoms with Crippen LogP contribution in [0, 0.1) is 0 Å². The molecule has 2 aromatic carbocycles. The lowest BCUT2D eigenvalue weighted by Gasteiger charge is -2.34. The summed E-state index contributed by atoms with van der Waals surface area (Å²) >= 11 is 0. The number of likely N-dealkylation sites (tertiary alicyclic amines) is 1. The molecule has 1 atom stereocenters. The Morgan fingerprint density at radius 3 is 2.29 bits per heavy atom. The number of hydrogen-bond donors (Lipinski definition) is 3. The van der Waals surface area contributed by atoms with E-state index in [4.69, 9.17) is 10.5 Å². The molecule has 3 aliphatic rings. The summed E-state index contributed by atoms with van der Waals surface area (Å²) in [6.07, 6.45) is 1.75. The third kappa shape index (κ3) is 5.23. The van der Waals surface area contributed by atoms with Crippen LogP contribution in [0.3, 0.4) is 0 Å². The van der Waals surface area contributed by atoms with E-state index in [1.165, 1.54) is 18.9 Å². The molecule has 1 amide bonds. The van der Waals surface area contributed by atoms with Crippen LogP contribution in [0.1, 0.15) is 49.9 Å². The Hall–Kier alpha value is -3.50. The Morgan fingerprint density at radius 1 is 1.00 bits per heavy atom. The summed E-state index contributed by atoms with van der Waals surface area (Å²) in [5.41, 5.74) is 8.95. The van der Waals surface area contributed by atoms with Gasteiger partial charge in [0, 0.05) is 42.6 Å². The number of rotatable bonds is 8. The standard InChI is InChI=1S/C28H38N6O4/c1-19(2)22-17-23(25(36)18-24(22)35)28-33(12-11-31-9-3-4-10-31)30-27(26(29)37)34(28)21-7-5-20(6-8-21)32-13-15-38-16-14-32/h5-8,17-19,28,35-36H,3-4,9-16H2,1-2H3,(H2,29,37). The summed E-state index contributed by atoms with van der Waals surface area (Å²) in [5.74, 6) is -0.502. The van der Waals surface area contributed by atoms with Crippen LogP contribution >= 0.6 is 0 Å². The average Bonchev–Trinajstić information content (AvgIpc) is 3.56. The molecule has 2 saturated heterocycles. The van der Waals surface area contributed by atoms with Gasteiger partial charge in [0.2, 0.25) is 5.84 Å². The molecule has 2 aromatic rings. The van der Waals surface area contributed by atoms with Crippen molar-refractivity contribution in [2.45, 2.75) is 38.8 Å². The molecule has 10 heteroatoms. The van der Waals surface area contributed by atoms with Gasteiger partial charge in [-0.05, 0) is 67.7 Å². The number of phenols is 2. The first-order valence-electron chi connectivity index (χ1n) is 13.5. The summed E-state index contributed by atoms with van der Waals surface area (Å²) in [5, 5.41) is 28.1. The summed E-state index contributed by atoms with van der Waals surface area (Å²) in [4.78, 5) is 19.1. The predicted octanol–water partition coefficient (Wildman–Crippen LogP) is 2.77. The molecule has 2 fully saturated rings. The minimum absolute atomic E-state index is 0.0339. The van der Waals surface area contributed by atoms with E-state index in [9.17, 15) is 15.0 Å². The fraction of sp³-hybridized carbons (Fsp3) is 0.500. The Balaban J connectivity index is 1.54. The number of hydrazone groups is 1. The molecule has 38 heavy (non-hydrogen) atoms. The molecule has 3 heterocycles. The van der Waals surface area contributed by atoms with Gasteiger partial charge in [0.25, 0.3) is 5.91 Å². The second-order valence-electron chi connectivity index (χ2n) is 10.5. The average molecular weight is 523 g/mol. The quantitative estimate of drug-likeness (QED) is 0.485. The van der Waals surface area contributed by atoms with E-state index < -0.39 is 12.1 Å².